The molecule has 1 aliphatic carbocycles. The molecule has 0 spiro atoms. The van der Waals surface area contributed by atoms with Crippen LogP contribution in [0.1, 0.15) is 12.8 Å². The summed E-state index contributed by atoms with van der Waals surface area (Å²) in [5.74, 6) is -0.293. The van der Waals surface area contributed by atoms with Gasteiger partial charge in [0.05, 0.1) is 4.90 Å². The number of benzene rings is 1. The van der Waals surface area contributed by atoms with Crippen molar-refractivity contribution in [1.29, 1.82) is 0 Å². The smallest absolute Gasteiger partial charge is 0.247 e. The number of halogens is 1. The average Bonchev–Trinajstić information content (AvgIpc) is 3.31. The van der Waals surface area contributed by atoms with Gasteiger partial charge in [0.15, 0.2) is 14.6 Å². The lowest BCUT2D eigenvalue weighted by Crippen LogP contribution is -2.37. The fraction of sp³-hybridized carbons (Fsp3) is 0.214. The number of rotatable bonds is 4. The molecule has 0 aliphatic heterocycles. The van der Waals surface area contributed by atoms with Gasteiger partial charge in [0.2, 0.25) is 5.91 Å². The molecule has 2 aromatic rings. The van der Waals surface area contributed by atoms with Crippen LogP contribution in [0.25, 0.3) is 0 Å². The highest BCUT2D eigenvalue weighted by Gasteiger charge is 2.61. The molecule has 1 N–H and O–H groups in total. The van der Waals surface area contributed by atoms with Crippen molar-refractivity contribution in [3.05, 3.63) is 47.9 Å². The lowest BCUT2D eigenvalue weighted by atomic mass is 10.3. The molecule has 0 atom stereocenters. The van der Waals surface area contributed by atoms with Crippen molar-refractivity contribution in [2.45, 2.75) is 22.5 Å². The first kappa shape index (κ1) is 14.9. The topological polar surface area (TPSA) is 89.0 Å². The number of amides is 1. The lowest BCUT2D eigenvalue weighted by molar-refractivity contribution is -0.116. The third-order valence-corrected chi connectivity index (χ3v) is 6.35. The van der Waals surface area contributed by atoms with Crippen LogP contribution >= 0.6 is 11.6 Å². The summed E-state index contributed by atoms with van der Waals surface area (Å²) in [6, 6.07) is 7.31. The molecular weight excluding hydrogens is 326 g/mol. The van der Waals surface area contributed by atoms with Crippen molar-refractivity contribution in [1.82, 2.24) is 9.97 Å². The van der Waals surface area contributed by atoms with Gasteiger partial charge in [-0.2, -0.15) is 0 Å². The van der Waals surface area contributed by atoms with E-state index in [1.807, 2.05) is 0 Å². The Morgan fingerprint density at radius 2 is 1.86 bits per heavy atom. The van der Waals surface area contributed by atoms with E-state index in [-0.39, 0.29) is 23.6 Å². The molecule has 8 heteroatoms. The van der Waals surface area contributed by atoms with Gasteiger partial charge in [0.25, 0.3) is 0 Å². The van der Waals surface area contributed by atoms with E-state index in [9.17, 15) is 13.2 Å². The fourth-order valence-electron chi connectivity index (χ4n) is 2.17. The van der Waals surface area contributed by atoms with E-state index >= 15 is 0 Å². The van der Waals surface area contributed by atoms with Gasteiger partial charge in [-0.15, -0.1) is 0 Å². The highest BCUT2D eigenvalue weighted by atomic mass is 35.5. The molecule has 1 fully saturated rings. The van der Waals surface area contributed by atoms with Crippen LogP contribution < -0.4 is 5.32 Å². The number of nitrogens with one attached hydrogen (secondary N) is 1. The Labute approximate surface area is 132 Å². The van der Waals surface area contributed by atoms with Crippen LogP contribution in [0.2, 0.25) is 5.02 Å². The standard InChI is InChI=1S/C14H12ClN3O3S/c15-10-1-3-11(4-2-10)22(20,21)14(6-7-14)13(19)18-12-5-8-16-9-17-12/h1-5,8-9H,6-7H2,(H,16,17,18,19). The van der Waals surface area contributed by atoms with E-state index in [2.05, 4.69) is 15.3 Å². The van der Waals surface area contributed by atoms with Gasteiger partial charge in [0.1, 0.15) is 12.1 Å². The number of hydrogen-bond donors (Lipinski definition) is 1. The maximum absolute atomic E-state index is 12.7. The number of anilines is 1. The van der Waals surface area contributed by atoms with Crippen LogP contribution in [-0.2, 0) is 14.6 Å². The average molecular weight is 338 g/mol. The molecule has 1 heterocycles. The maximum atomic E-state index is 12.7. The zero-order chi connectivity index (χ0) is 15.8. The highest BCUT2D eigenvalue weighted by Crippen LogP contribution is 2.47. The van der Waals surface area contributed by atoms with Crippen LogP contribution in [0, 0.1) is 0 Å². The summed E-state index contributed by atoms with van der Waals surface area (Å²) in [6.45, 7) is 0. The van der Waals surface area contributed by atoms with Crippen LogP contribution in [0.15, 0.2) is 47.8 Å². The molecule has 0 radical (unpaired) electrons. The second-order valence-corrected chi connectivity index (χ2v) is 7.70. The van der Waals surface area contributed by atoms with Crippen LogP contribution in [-0.4, -0.2) is 29.0 Å². The van der Waals surface area contributed by atoms with Crippen LogP contribution in [0.5, 0.6) is 0 Å². The van der Waals surface area contributed by atoms with E-state index in [0.29, 0.717) is 5.02 Å². The quantitative estimate of drug-likeness (QED) is 0.922. The predicted molar refractivity (Wildman–Crippen MR) is 81.3 cm³/mol. The molecule has 1 aromatic heterocycles. The van der Waals surface area contributed by atoms with Gasteiger partial charge in [-0.25, -0.2) is 18.4 Å². The van der Waals surface area contributed by atoms with E-state index in [1.165, 1.54) is 42.9 Å². The molecule has 1 aromatic carbocycles. The van der Waals surface area contributed by atoms with Crippen molar-refractivity contribution in [2.24, 2.45) is 0 Å². The molecule has 0 bridgehead atoms. The van der Waals surface area contributed by atoms with E-state index < -0.39 is 20.5 Å². The van der Waals surface area contributed by atoms with E-state index in [4.69, 9.17) is 11.6 Å². The Morgan fingerprint density at radius 1 is 1.18 bits per heavy atom. The van der Waals surface area contributed by atoms with Crippen LogP contribution in [0.4, 0.5) is 5.82 Å². The summed E-state index contributed by atoms with van der Waals surface area (Å²) in [5, 5.41) is 2.98. The Morgan fingerprint density at radius 3 is 2.41 bits per heavy atom. The minimum Gasteiger partial charge on any atom is -0.309 e. The number of hydrogen-bond acceptors (Lipinski definition) is 5. The third kappa shape index (κ3) is 2.46. The summed E-state index contributed by atoms with van der Waals surface area (Å²) < 4.78 is 24.0. The van der Waals surface area contributed by atoms with Gasteiger partial charge in [0, 0.05) is 11.2 Å². The first-order chi connectivity index (χ1) is 10.5. The Bertz CT molecular complexity index is 803. The minimum absolute atomic E-state index is 0.0900. The monoisotopic (exact) mass is 337 g/mol. The summed E-state index contributed by atoms with van der Waals surface area (Å²) in [7, 11) is -3.78. The molecule has 1 aliphatic rings. The van der Waals surface area contributed by atoms with Crippen molar-refractivity contribution < 1.29 is 13.2 Å². The molecule has 22 heavy (non-hydrogen) atoms. The molecule has 3 rings (SSSR count). The lowest BCUT2D eigenvalue weighted by Gasteiger charge is -2.16. The highest BCUT2D eigenvalue weighted by molar-refractivity contribution is 7.94. The number of sulfone groups is 1. The van der Waals surface area contributed by atoms with Crippen molar-refractivity contribution in [3.8, 4) is 0 Å². The largest absolute Gasteiger partial charge is 0.309 e. The number of carbonyl (C=O) groups is 1. The fourth-order valence-corrected chi connectivity index (χ4v) is 4.17. The summed E-state index contributed by atoms with van der Waals surface area (Å²) in [4.78, 5) is 20.1. The molecule has 1 saturated carbocycles. The minimum atomic E-state index is -3.78. The molecule has 0 saturated heterocycles. The van der Waals surface area contributed by atoms with Gasteiger partial charge in [-0.3, -0.25) is 4.79 Å². The van der Waals surface area contributed by atoms with Gasteiger partial charge in [-0.1, -0.05) is 11.6 Å². The Balaban J connectivity index is 1.89. The number of aromatic nitrogens is 2. The summed E-state index contributed by atoms with van der Waals surface area (Å²) in [6.07, 6.45) is 3.32. The third-order valence-electron chi connectivity index (χ3n) is 3.58. The number of carbonyl (C=O) groups excluding carboxylic acids is 1. The number of nitrogens with zero attached hydrogens (tertiary/aromatic N) is 2. The molecule has 114 valence electrons. The predicted octanol–water partition coefficient (Wildman–Crippen LogP) is 2.07. The zero-order valence-electron chi connectivity index (χ0n) is 11.4. The van der Waals surface area contributed by atoms with Gasteiger partial charge in [-0.05, 0) is 43.2 Å². The van der Waals surface area contributed by atoms with Crippen molar-refractivity contribution >= 4 is 33.2 Å². The summed E-state index contributed by atoms with van der Waals surface area (Å²) in [5.41, 5.74) is 0. The summed E-state index contributed by atoms with van der Waals surface area (Å²) >= 11 is 5.77. The second-order valence-electron chi connectivity index (χ2n) is 5.00. The zero-order valence-corrected chi connectivity index (χ0v) is 12.9. The van der Waals surface area contributed by atoms with E-state index in [0.717, 1.165) is 0 Å². The first-order valence-corrected chi connectivity index (χ1v) is 8.39. The molecule has 6 nitrogen and oxygen atoms in total. The van der Waals surface area contributed by atoms with Crippen molar-refractivity contribution in [2.75, 3.05) is 5.32 Å². The van der Waals surface area contributed by atoms with Crippen molar-refractivity contribution in [3.63, 3.8) is 0 Å². The normalized spacial score (nSPS) is 16.0. The SMILES string of the molecule is O=C(Nc1ccncn1)C1(S(=O)(=O)c2ccc(Cl)cc2)CC1. The van der Waals surface area contributed by atoms with Crippen LogP contribution in [0.3, 0.4) is 0 Å². The second kappa shape index (κ2) is 5.33. The first-order valence-electron chi connectivity index (χ1n) is 6.53. The van der Waals surface area contributed by atoms with Gasteiger partial charge >= 0.3 is 0 Å². The Hall–Kier alpha value is -1.99. The molecule has 0 unspecified atom stereocenters. The maximum Gasteiger partial charge on any atom is 0.247 e. The Kier molecular flexibility index (Phi) is 3.62. The molecular formula is C14H12ClN3O3S. The van der Waals surface area contributed by atoms with E-state index in [1.54, 1.807) is 0 Å². The van der Waals surface area contributed by atoms with Gasteiger partial charge < -0.3 is 5.32 Å². The molecule has 1 amide bonds.